The maximum Gasteiger partial charge on any atom is 0.144 e. The topological polar surface area (TPSA) is 63.8 Å². The van der Waals surface area contributed by atoms with E-state index in [1.165, 1.54) is 24.5 Å². The number of rotatable bonds is 4. The van der Waals surface area contributed by atoms with Crippen molar-refractivity contribution >= 4 is 23.0 Å². The molecule has 7 heteroatoms. The molecular weight excluding hydrogens is 270 g/mol. The second kappa shape index (κ2) is 5.66. The van der Waals surface area contributed by atoms with Gasteiger partial charge < -0.3 is 11.1 Å². The van der Waals surface area contributed by atoms with Gasteiger partial charge in [0, 0.05) is 18.2 Å². The highest BCUT2D eigenvalue weighted by atomic mass is 32.1. The molecule has 0 radical (unpaired) electrons. The van der Waals surface area contributed by atoms with Crippen LogP contribution in [0.5, 0.6) is 0 Å². The summed E-state index contributed by atoms with van der Waals surface area (Å²) >= 11 is 4.75. The summed E-state index contributed by atoms with van der Waals surface area (Å²) in [5.74, 6) is -0.772. The molecular formula is C12H10F2N4S. The quantitative estimate of drug-likeness (QED) is 0.839. The highest BCUT2D eigenvalue weighted by molar-refractivity contribution is 7.80. The van der Waals surface area contributed by atoms with Crippen LogP contribution in [0, 0.1) is 11.6 Å². The molecule has 0 amide bonds. The molecule has 0 saturated heterocycles. The van der Waals surface area contributed by atoms with E-state index in [2.05, 4.69) is 15.3 Å². The lowest BCUT2D eigenvalue weighted by molar-refractivity contribution is 0.574. The number of thiocarbonyl (C=S) groups is 1. The standard InChI is InChI=1S/C12H10F2N4S/c13-8-2-1-7(9(14)3-8)4-17-11-6-16-10(5-18-11)12(15)19/h1-3,5-6H,4H2,(H2,15,19)(H,17,18). The molecule has 0 saturated carbocycles. The molecule has 0 atom stereocenters. The summed E-state index contributed by atoms with van der Waals surface area (Å²) in [5.41, 5.74) is 6.13. The van der Waals surface area contributed by atoms with Crippen molar-refractivity contribution in [3.63, 3.8) is 0 Å². The van der Waals surface area contributed by atoms with Crippen LogP contribution in [0.2, 0.25) is 0 Å². The Morgan fingerprint density at radius 1 is 1.26 bits per heavy atom. The number of nitrogens with one attached hydrogen (secondary N) is 1. The van der Waals surface area contributed by atoms with Gasteiger partial charge in [-0.05, 0) is 6.07 Å². The van der Waals surface area contributed by atoms with Crippen molar-refractivity contribution in [1.82, 2.24) is 9.97 Å². The van der Waals surface area contributed by atoms with E-state index < -0.39 is 11.6 Å². The maximum absolute atomic E-state index is 13.4. The zero-order chi connectivity index (χ0) is 13.8. The van der Waals surface area contributed by atoms with Gasteiger partial charge in [0.15, 0.2) is 0 Å². The van der Waals surface area contributed by atoms with Crippen molar-refractivity contribution in [2.24, 2.45) is 5.73 Å². The monoisotopic (exact) mass is 280 g/mol. The van der Waals surface area contributed by atoms with Gasteiger partial charge in [-0.15, -0.1) is 0 Å². The second-order valence-electron chi connectivity index (χ2n) is 3.74. The zero-order valence-corrected chi connectivity index (χ0v) is 10.5. The molecule has 4 nitrogen and oxygen atoms in total. The number of hydrogen-bond donors (Lipinski definition) is 2. The highest BCUT2D eigenvalue weighted by Gasteiger charge is 2.04. The Kier molecular flexibility index (Phi) is 3.96. The first kappa shape index (κ1) is 13.3. The van der Waals surface area contributed by atoms with Gasteiger partial charge in [-0.3, -0.25) is 0 Å². The number of aromatic nitrogens is 2. The Balaban J connectivity index is 2.04. The highest BCUT2D eigenvalue weighted by Crippen LogP contribution is 2.11. The molecule has 0 spiro atoms. The first-order chi connectivity index (χ1) is 9.06. The minimum Gasteiger partial charge on any atom is -0.388 e. The molecule has 3 N–H and O–H groups in total. The van der Waals surface area contributed by atoms with Crippen molar-refractivity contribution < 1.29 is 8.78 Å². The Hall–Kier alpha value is -2.15. The van der Waals surface area contributed by atoms with Crippen LogP contribution < -0.4 is 11.1 Å². The summed E-state index contributed by atoms with van der Waals surface area (Å²) < 4.78 is 26.1. The van der Waals surface area contributed by atoms with Crippen LogP contribution in [-0.4, -0.2) is 15.0 Å². The number of hydrogen-bond acceptors (Lipinski definition) is 4. The van der Waals surface area contributed by atoms with Gasteiger partial charge in [-0.25, -0.2) is 18.7 Å². The van der Waals surface area contributed by atoms with Crippen LogP contribution in [0.25, 0.3) is 0 Å². The second-order valence-corrected chi connectivity index (χ2v) is 4.18. The van der Waals surface area contributed by atoms with Gasteiger partial charge in [0.2, 0.25) is 0 Å². The van der Waals surface area contributed by atoms with E-state index in [1.807, 2.05) is 0 Å². The van der Waals surface area contributed by atoms with E-state index in [0.29, 0.717) is 17.1 Å². The van der Waals surface area contributed by atoms with Gasteiger partial charge in [0.1, 0.15) is 28.1 Å². The molecule has 1 heterocycles. The molecule has 2 rings (SSSR count). The fourth-order valence-electron chi connectivity index (χ4n) is 1.40. The van der Waals surface area contributed by atoms with E-state index in [-0.39, 0.29) is 11.5 Å². The summed E-state index contributed by atoms with van der Waals surface area (Å²) in [4.78, 5) is 8.16. The molecule has 0 aliphatic rings. The van der Waals surface area contributed by atoms with Crippen molar-refractivity contribution in [2.75, 3.05) is 5.32 Å². The maximum atomic E-state index is 13.4. The molecule has 1 aromatic heterocycles. The lowest BCUT2D eigenvalue weighted by Gasteiger charge is -2.06. The predicted octanol–water partition coefficient (Wildman–Crippen LogP) is 2.00. The summed E-state index contributed by atoms with van der Waals surface area (Å²) in [7, 11) is 0. The van der Waals surface area contributed by atoms with Crippen LogP contribution in [0.3, 0.4) is 0 Å². The minimum absolute atomic E-state index is 0.156. The molecule has 0 unspecified atom stereocenters. The Morgan fingerprint density at radius 3 is 2.63 bits per heavy atom. The molecule has 0 aliphatic heterocycles. The molecule has 0 fully saturated rings. The molecule has 2 aromatic rings. The Labute approximate surface area is 113 Å². The average Bonchev–Trinajstić information content (AvgIpc) is 2.38. The van der Waals surface area contributed by atoms with Gasteiger partial charge in [-0.2, -0.15) is 0 Å². The molecule has 0 bridgehead atoms. The number of benzene rings is 1. The third-order valence-corrected chi connectivity index (χ3v) is 2.59. The van der Waals surface area contributed by atoms with Crippen LogP contribution in [0.1, 0.15) is 11.3 Å². The average molecular weight is 280 g/mol. The van der Waals surface area contributed by atoms with Crippen molar-refractivity contribution in [3.8, 4) is 0 Å². The smallest absolute Gasteiger partial charge is 0.144 e. The van der Waals surface area contributed by atoms with Crippen LogP contribution in [-0.2, 0) is 6.54 Å². The summed E-state index contributed by atoms with van der Waals surface area (Å²) in [6.45, 7) is 0.174. The Bertz CT molecular complexity index is 601. The number of nitrogens with zero attached hydrogens (tertiary/aromatic N) is 2. The molecule has 19 heavy (non-hydrogen) atoms. The summed E-state index contributed by atoms with van der Waals surface area (Å²) in [6.07, 6.45) is 2.86. The van der Waals surface area contributed by atoms with E-state index in [4.69, 9.17) is 18.0 Å². The van der Waals surface area contributed by atoms with E-state index >= 15 is 0 Å². The minimum atomic E-state index is -0.611. The van der Waals surface area contributed by atoms with Gasteiger partial charge in [-0.1, -0.05) is 18.3 Å². The fraction of sp³-hybridized carbons (Fsp3) is 0.0833. The van der Waals surface area contributed by atoms with Crippen LogP contribution >= 0.6 is 12.2 Å². The number of halogens is 2. The summed E-state index contributed by atoms with van der Waals surface area (Å²) in [6, 6.07) is 3.40. The van der Waals surface area contributed by atoms with Crippen molar-refractivity contribution in [3.05, 3.63) is 53.5 Å². The molecule has 0 aliphatic carbocycles. The third-order valence-electron chi connectivity index (χ3n) is 2.38. The first-order valence-corrected chi connectivity index (χ1v) is 5.77. The normalized spacial score (nSPS) is 10.2. The SMILES string of the molecule is NC(=S)c1cnc(NCc2ccc(F)cc2F)cn1. The fourth-order valence-corrected chi connectivity index (χ4v) is 1.50. The molecule has 98 valence electrons. The van der Waals surface area contributed by atoms with Gasteiger partial charge in [0.25, 0.3) is 0 Å². The van der Waals surface area contributed by atoms with Crippen LogP contribution in [0.15, 0.2) is 30.6 Å². The third kappa shape index (κ3) is 3.41. The number of anilines is 1. The van der Waals surface area contributed by atoms with Gasteiger partial charge in [0.05, 0.1) is 12.4 Å². The van der Waals surface area contributed by atoms with Crippen LogP contribution in [0.4, 0.5) is 14.6 Å². The summed E-state index contributed by atoms with van der Waals surface area (Å²) in [5, 5.41) is 2.87. The van der Waals surface area contributed by atoms with Gasteiger partial charge >= 0.3 is 0 Å². The first-order valence-electron chi connectivity index (χ1n) is 5.36. The van der Waals surface area contributed by atoms with Crippen molar-refractivity contribution in [1.29, 1.82) is 0 Å². The molecule has 1 aromatic carbocycles. The zero-order valence-electron chi connectivity index (χ0n) is 9.73. The number of nitrogens with two attached hydrogens (primary N) is 1. The lowest BCUT2D eigenvalue weighted by Crippen LogP contribution is -2.12. The lowest BCUT2D eigenvalue weighted by atomic mass is 10.2. The predicted molar refractivity (Wildman–Crippen MR) is 71.6 cm³/mol. The van der Waals surface area contributed by atoms with E-state index in [1.54, 1.807) is 0 Å². The van der Waals surface area contributed by atoms with E-state index in [0.717, 1.165) is 6.07 Å². The van der Waals surface area contributed by atoms with Crippen molar-refractivity contribution in [2.45, 2.75) is 6.54 Å². The van der Waals surface area contributed by atoms with E-state index in [9.17, 15) is 8.78 Å². The largest absolute Gasteiger partial charge is 0.388 e. The Morgan fingerprint density at radius 2 is 2.05 bits per heavy atom.